The van der Waals surface area contributed by atoms with Crippen molar-refractivity contribution in [1.29, 1.82) is 0 Å². The van der Waals surface area contributed by atoms with Gasteiger partial charge >= 0.3 is 0 Å². The largest absolute Gasteiger partial charge is 0.394 e. The Balaban J connectivity index is 1.74. The fourth-order valence-electron chi connectivity index (χ4n) is 1.79. The number of hydrogen-bond acceptors (Lipinski definition) is 5. The maximum Gasteiger partial charge on any atom is 0.0942 e. The number of aliphatic hydroxyl groups excluding tert-OH is 2. The van der Waals surface area contributed by atoms with E-state index in [4.69, 9.17) is 5.11 Å². The van der Waals surface area contributed by atoms with Gasteiger partial charge in [0.15, 0.2) is 0 Å². The van der Waals surface area contributed by atoms with Gasteiger partial charge in [0.2, 0.25) is 0 Å². The number of nitrogens with one attached hydrogen (secondary N) is 1. The summed E-state index contributed by atoms with van der Waals surface area (Å²) in [6.45, 7) is 0.122. The third kappa shape index (κ3) is 5.75. The average Bonchev–Trinajstić information content (AvgIpc) is 2.55. The third-order valence-electron chi connectivity index (χ3n) is 2.96. The van der Waals surface area contributed by atoms with E-state index in [1.165, 1.54) is 4.90 Å². The minimum atomic E-state index is -0.725. The lowest BCUT2D eigenvalue weighted by Crippen LogP contribution is -2.22. The van der Waals surface area contributed by atoms with Gasteiger partial charge in [-0.3, -0.25) is 4.98 Å². The van der Waals surface area contributed by atoms with E-state index in [1.807, 2.05) is 36.5 Å². The number of nitrogens with zero attached hydrogens (tertiary/aromatic N) is 1. The van der Waals surface area contributed by atoms with Crippen LogP contribution in [0.15, 0.2) is 53.6 Å². The van der Waals surface area contributed by atoms with Crippen molar-refractivity contribution in [2.24, 2.45) is 0 Å². The maximum atomic E-state index is 9.28. The summed E-state index contributed by atoms with van der Waals surface area (Å²) >= 11 is 1.80. The number of rotatable bonds is 8. The summed E-state index contributed by atoms with van der Waals surface area (Å²) < 4.78 is 0. The van der Waals surface area contributed by atoms with Crippen LogP contribution in [0.5, 0.6) is 0 Å². The van der Waals surface area contributed by atoms with E-state index >= 15 is 0 Å². The number of benzene rings is 1. The van der Waals surface area contributed by atoms with Gasteiger partial charge in [0, 0.05) is 34.8 Å². The van der Waals surface area contributed by atoms with Crippen LogP contribution in [0.3, 0.4) is 0 Å². The van der Waals surface area contributed by atoms with Crippen LogP contribution in [0.2, 0.25) is 0 Å². The van der Waals surface area contributed by atoms with Crippen LogP contribution in [0.4, 0.5) is 5.69 Å². The Morgan fingerprint density at radius 2 is 1.95 bits per heavy atom. The maximum absolute atomic E-state index is 9.28. The molecule has 1 atom stereocenters. The first kappa shape index (κ1) is 15.8. The van der Waals surface area contributed by atoms with Gasteiger partial charge in [-0.05, 0) is 42.8 Å². The molecular weight excluding hydrogens is 284 g/mol. The second-order valence-corrected chi connectivity index (χ2v) is 5.83. The van der Waals surface area contributed by atoms with Crippen molar-refractivity contribution >= 4 is 17.4 Å². The highest BCUT2D eigenvalue weighted by Crippen LogP contribution is 2.21. The molecular formula is C16H20N2O2S. The smallest absolute Gasteiger partial charge is 0.0942 e. The fourth-order valence-corrected chi connectivity index (χ4v) is 2.66. The molecule has 1 aromatic heterocycles. The van der Waals surface area contributed by atoms with Crippen LogP contribution in [0, 0.1) is 0 Å². The van der Waals surface area contributed by atoms with Gasteiger partial charge in [-0.1, -0.05) is 6.07 Å². The molecule has 0 saturated carbocycles. The summed E-state index contributed by atoms with van der Waals surface area (Å²) in [5.74, 6) is 0.993. The molecule has 0 aliphatic heterocycles. The summed E-state index contributed by atoms with van der Waals surface area (Å²) in [5.41, 5.74) is 2.05. The topological polar surface area (TPSA) is 65.4 Å². The predicted octanol–water partition coefficient (Wildman–Crippen LogP) is 2.18. The molecule has 112 valence electrons. The van der Waals surface area contributed by atoms with Gasteiger partial charge in [-0.2, -0.15) is 0 Å². The second-order valence-electron chi connectivity index (χ2n) is 4.66. The second kappa shape index (κ2) is 8.67. The molecule has 5 heteroatoms. The minimum absolute atomic E-state index is 0.228. The first-order valence-electron chi connectivity index (χ1n) is 6.93. The number of aryl methyl sites for hydroxylation is 1. The van der Waals surface area contributed by atoms with Crippen LogP contribution in [-0.2, 0) is 6.42 Å². The fraction of sp³-hybridized carbons (Fsp3) is 0.312. The first-order valence-corrected chi connectivity index (χ1v) is 7.92. The molecule has 0 bridgehead atoms. The third-order valence-corrected chi connectivity index (χ3v) is 3.97. The molecule has 2 rings (SSSR count). The van der Waals surface area contributed by atoms with E-state index in [-0.39, 0.29) is 6.61 Å². The van der Waals surface area contributed by atoms with Crippen molar-refractivity contribution < 1.29 is 10.2 Å². The highest BCUT2D eigenvalue weighted by molar-refractivity contribution is 7.99. The predicted molar refractivity (Wildman–Crippen MR) is 86.7 cm³/mol. The number of anilines is 1. The van der Waals surface area contributed by atoms with Crippen molar-refractivity contribution in [2.45, 2.75) is 17.4 Å². The molecule has 0 radical (unpaired) electrons. The number of aromatic nitrogens is 1. The quantitative estimate of drug-likeness (QED) is 0.652. The number of thioether (sulfide) groups is 1. The van der Waals surface area contributed by atoms with E-state index in [1.54, 1.807) is 11.8 Å². The molecule has 1 aromatic carbocycles. The van der Waals surface area contributed by atoms with Crippen LogP contribution < -0.4 is 5.32 Å². The summed E-state index contributed by atoms with van der Waals surface area (Å²) in [6.07, 6.45) is 2.05. The highest BCUT2D eigenvalue weighted by atomic mass is 32.2. The number of aliphatic hydroxyl groups is 2. The van der Waals surface area contributed by atoms with E-state index in [9.17, 15) is 5.11 Å². The normalized spacial score (nSPS) is 12.1. The van der Waals surface area contributed by atoms with Crippen LogP contribution in [-0.4, -0.2) is 40.2 Å². The van der Waals surface area contributed by atoms with Crippen molar-refractivity contribution in [3.8, 4) is 0 Å². The van der Waals surface area contributed by atoms with E-state index in [0.29, 0.717) is 6.54 Å². The Morgan fingerprint density at radius 1 is 1.14 bits per heavy atom. The first-order chi connectivity index (χ1) is 10.3. The Morgan fingerprint density at radius 3 is 2.62 bits per heavy atom. The van der Waals surface area contributed by atoms with Gasteiger partial charge < -0.3 is 15.5 Å². The van der Waals surface area contributed by atoms with Crippen molar-refractivity contribution in [2.75, 3.05) is 24.2 Å². The zero-order chi connectivity index (χ0) is 14.9. The molecule has 0 amide bonds. The van der Waals surface area contributed by atoms with E-state index in [0.717, 1.165) is 23.6 Å². The SMILES string of the molecule is OCC(O)CNc1ccc(SCCc2ccccn2)cc1. The Labute approximate surface area is 129 Å². The van der Waals surface area contributed by atoms with Gasteiger partial charge in [0.05, 0.1) is 12.7 Å². The molecule has 0 spiro atoms. The molecule has 0 aliphatic carbocycles. The van der Waals surface area contributed by atoms with E-state index in [2.05, 4.69) is 22.4 Å². The van der Waals surface area contributed by atoms with Crippen LogP contribution in [0.25, 0.3) is 0 Å². The monoisotopic (exact) mass is 304 g/mol. The zero-order valence-electron chi connectivity index (χ0n) is 11.8. The Hall–Kier alpha value is -1.56. The molecule has 0 aliphatic rings. The zero-order valence-corrected chi connectivity index (χ0v) is 12.6. The number of hydrogen-bond donors (Lipinski definition) is 3. The molecule has 2 aromatic rings. The Bertz CT molecular complexity index is 520. The standard InChI is InChI=1S/C16H20N2O2S/c19-12-15(20)11-18-14-4-6-16(7-5-14)21-10-8-13-3-1-2-9-17-13/h1-7,9,15,18-20H,8,10-12H2. The summed E-state index contributed by atoms with van der Waals surface area (Å²) in [5, 5.41) is 21.1. The summed E-state index contributed by atoms with van der Waals surface area (Å²) in [4.78, 5) is 5.51. The van der Waals surface area contributed by atoms with Crippen LogP contribution in [0.1, 0.15) is 5.69 Å². The van der Waals surface area contributed by atoms with Gasteiger partial charge in [0.25, 0.3) is 0 Å². The molecule has 1 unspecified atom stereocenters. The van der Waals surface area contributed by atoms with E-state index < -0.39 is 6.10 Å². The summed E-state index contributed by atoms with van der Waals surface area (Å²) in [7, 11) is 0. The minimum Gasteiger partial charge on any atom is -0.394 e. The van der Waals surface area contributed by atoms with Gasteiger partial charge in [-0.25, -0.2) is 0 Å². The summed E-state index contributed by atoms with van der Waals surface area (Å²) in [6, 6.07) is 14.0. The van der Waals surface area contributed by atoms with Crippen molar-refractivity contribution in [1.82, 2.24) is 4.98 Å². The highest BCUT2D eigenvalue weighted by Gasteiger charge is 2.01. The lowest BCUT2D eigenvalue weighted by atomic mass is 10.3. The molecule has 0 saturated heterocycles. The van der Waals surface area contributed by atoms with Crippen molar-refractivity contribution in [3.05, 3.63) is 54.4 Å². The molecule has 1 heterocycles. The lowest BCUT2D eigenvalue weighted by molar-refractivity contribution is 0.105. The van der Waals surface area contributed by atoms with Gasteiger partial charge in [-0.15, -0.1) is 11.8 Å². The molecule has 4 nitrogen and oxygen atoms in total. The van der Waals surface area contributed by atoms with Gasteiger partial charge in [0.1, 0.15) is 0 Å². The average molecular weight is 304 g/mol. The molecule has 21 heavy (non-hydrogen) atoms. The Kier molecular flexibility index (Phi) is 6.53. The molecule has 0 fully saturated rings. The van der Waals surface area contributed by atoms with Crippen molar-refractivity contribution in [3.63, 3.8) is 0 Å². The van der Waals surface area contributed by atoms with Crippen LogP contribution >= 0.6 is 11.8 Å². The molecule has 3 N–H and O–H groups in total. The number of pyridine rings is 1. The lowest BCUT2D eigenvalue weighted by Gasteiger charge is -2.10.